The van der Waals surface area contributed by atoms with E-state index in [4.69, 9.17) is 4.42 Å². The van der Waals surface area contributed by atoms with Gasteiger partial charge in [0.1, 0.15) is 5.82 Å². The molecule has 0 saturated heterocycles. The number of hydrogen-bond donors (Lipinski definition) is 1. The van der Waals surface area contributed by atoms with Gasteiger partial charge in [-0.15, -0.1) is 0 Å². The van der Waals surface area contributed by atoms with Crippen molar-refractivity contribution in [3.63, 3.8) is 0 Å². The largest absolute Gasteiger partial charge is 0.472 e. The van der Waals surface area contributed by atoms with E-state index in [1.165, 1.54) is 12.1 Å². The van der Waals surface area contributed by atoms with Crippen LogP contribution in [0.5, 0.6) is 0 Å². The summed E-state index contributed by atoms with van der Waals surface area (Å²) >= 11 is 3.28. The monoisotopic (exact) mass is 283 g/mol. The van der Waals surface area contributed by atoms with Crippen molar-refractivity contribution in [1.82, 2.24) is 5.32 Å². The zero-order chi connectivity index (χ0) is 11.5. The van der Waals surface area contributed by atoms with Crippen LogP contribution in [0.4, 0.5) is 4.39 Å². The second kappa shape index (κ2) is 4.80. The molecule has 0 fully saturated rings. The summed E-state index contributed by atoms with van der Waals surface area (Å²) in [7, 11) is 1.83. The highest BCUT2D eigenvalue weighted by atomic mass is 79.9. The third-order valence-corrected chi connectivity index (χ3v) is 2.84. The molecule has 0 radical (unpaired) electrons. The van der Waals surface area contributed by atoms with E-state index in [1.54, 1.807) is 12.5 Å². The SMILES string of the molecule is CNC(c1ccoc1)c1cc(F)cc(Br)c1. The molecule has 0 spiro atoms. The average Bonchev–Trinajstić information content (AvgIpc) is 2.70. The lowest BCUT2D eigenvalue weighted by atomic mass is 10.0. The van der Waals surface area contributed by atoms with Gasteiger partial charge in [-0.25, -0.2) is 4.39 Å². The zero-order valence-corrected chi connectivity index (χ0v) is 10.3. The molecule has 1 aromatic heterocycles. The van der Waals surface area contributed by atoms with Crippen molar-refractivity contribution in [2.45, 2.75) is 6.04 Å². The Morgan fingerprint density at radius 1 is 1.31 bits per heavy atom. The Balaban J connectivity index is 2.41. The molecule has 0 aliphatic heterocycles. The maximum atomic E-state index is 13.3. The maximum absolute atomic E-state index is 13.3. The van der Waals surface area contributed by atoms with E-state index < -0.39 is 0 Å². The van der Waals surface area contributed by atoms with Crippen LogP contribution in [0.1, 0.15) is 17.2 Å². The topological polar surface area (TPSA) is 25.2 Å². The molecule has 1 heterocycles. The number of halogens is 2. The third-order valence-electron chi connectivity index (χ3n) is 2.38. The van der Waals surface area contributed by atoms with E-state index in [1.807, 2.05) is 19.2 Å². The first-order valence-corrected chi connectivity index (χ1v) is 5.65. The molecule has 0 amide bonds. The highest BCUT2D eigenvalue weighted by Crippen LogP contribution is 2.25. The van der Waals surface area contributed by atoms with Crippen molar-refractivity contribution < 1.29 is 8.81 Å². The van der Waals surface area contributed by atoms with Gasteiger partial charge in [-0.05, 0) is 36.9 Å². The normalized spacial score (nSPS) is 12.7. The van der Waals surface area contributed by atoms with E-state index in [0.717, 1.165) is 15.6 Å². The second-order valence-corrected chi connectivity index (χ2v) is 4.40. The molecule has 0 aliphatic rings. The predicted octanol–water partition coefficient (Wildman–Crippen LogP) is 3.49. The smallest absolute Gasteiger partial charge is 0.124 e. The van der Waals surface area contributed by atoms with Gasteiger partial charge < -0.3 is 9.73 Å². The number of hydrogen-bond acceptors (Lipinski definition) is 2. The molecule has 1 N–H and O–H groups in total. The molecule has 2 nitrogen and oxygen atoms in total. The number of benzene rings is 1. The Morgan fingerprint density at radius 2 is 2.12 bits per heavy atom. The van der Waals surface area contributed by atoms with Crippen LogP contribution < -0.4 is 5.32 Å². The van der Waals surface area contributed by atoms with E-state index >= 15 is 0 Å². The minimum Gasteiger partial charge on any atom is -0.472 e. The van der Waals surface area contributed by atoms with Crippen molar-refractivity contribution in [2.75, 3.05) is 7.05 Å². The van der Waals surface area contributed by atoms with Crippen LogP contribution in [0.2, 0.25) is 0 Å². The van der Waals surface area contributed by atoms with Crippen molar-refractivity contribution in [3.05, 3.63) is 58.2 Å². The number of nitrogens with one attached hydrogen (secondary N) is 1. The molecule has 1 unspecified atom stereocenters. The maximum Gasteiger partial charge on any atom is 0.124 e. The Labute approximate surface area is 102 Å². The van der Waals surface area contributed by atoms with Crippen molar-refractivity contribution >= 4 is 15.9 Å². The highest BCUT2D eigenvalue weighted by molar-refractivity contribution is 9.10. The number of rotatable bonds is 3. The summed E-state index contributed by atoms with van der Waals surface area (Å²) < 4.78 is 19.0. The third kappa shape index (κ3) is 2.33. The van der Waals surface area contributed by atoms with E-state index in [0.29, 0.717) is 0 Å². The van der Waals surface area contributed by atoms with Crippen LogP contribution in [0.15, 0.2) is 45.7 Å². The Hall–Kier alpha value is -1.13. The van der Waals surface area contributed by atoms with Gasteiger partial charge in [0.15, 0.2) is 0 Å². The highest BCUT2D eigenvalue weighted by Gasteiger charge is 2.14. The molecular formula is C12H11BrFNO. The van der Waals surface area contributed by atoms with Gasteiger partial charge in [-0.2, -0.15) is 0 Å². The lowest BCUT2D eigenvalue weighted by Gasteiger charge is -2.15. The number of furan rings is 1. The molecule has 0 bridgehead atoms. The first-order valence-electron chi connectivity index (χ1n) is 4.86. The van der Waals surface area contributed by atoms with Crippen LogP contribution in [-0.4, -0.2) is 7.05 Å². The van der Waals surface area contributed by atoms with Crippen molar-refractivity contribution in [2.24, 2.45) is 0 Å². The Morgan fingerprint density at radius 3 is 2.69 bits per heavy atom. The molecule has 16 heavy (non-hydrogen) atoms. The summed E-state index contributed by atoms with van der Waals surface area (Å²) in [6.07, 6.45) is 3.26. The van der Waals surface area contributed by atoms with Gasteiger partial charge in [0, 0.05) is 10.0 Å². The minimum atomic E-state index is -0.256. The Bertz CT molecular complexity index is 450. The van der Waals surface area contributed by atoms with Gasteiger partial charge in [0.05, 0.1) is 18.6 Å². The molecule has 2 rings (SSSR count). The molecule has 0 aliphatic carbocycles. The van der Waals surface area contributed by atoms with Gasteiger partial charge in [0.25, 0.3) is 0 Å². The molecular weight excluding hydrogens is 273 g/mol. The van der Waals surface area contributed by atoms with E-state index in [-0.39, 0.29) is 11.9 Å². The van der Waals surface area contributed by atoms with Crippen LogP contribution in [0, 0.1) is 5.82 Å². The fourth-order valence-electron chi connectivity index (χ4n) is 1.71. The fraction of sp³-hybridized carbons (Fsp3) is 0.167. The lowest BCUT2D eigenvalue weighted by molar-refractivity contribution is 0.556. The minimum absolute atomic E-state index is 0.0641. The molecule has 84 valence electrons. The molecule has 1 aromatic carbocycles. The fourth-order valence-corrected chi connectivity index (χ4v) is 2.19. The van der Waals surface area contributed by atoms with Gasteiger partial charge in [0.2, 0.25) is 0 Å². The van der Waals surface area contributed by atoms with Crippen LogP contribution in [0.3, 0.4) is 0 Å². The predicted molar refractivity (Wildman–Crippen MR) is 63.7 cm³/mol. The average molecular weight is 284 g/mol. The summed E-state index contributed by atoms with van der Waals surface area (Å²) in [6, 6.07) is 6.63. The molecule has 0 saturated carbocycles. The second-order valence-electron chi connectivity index (χ2n) is 3.48. The standard InChI is InChI=1S/C12H11BrFNO/c1-15-12(8-2-3-16-7-8)9-4-10(13)6-11(14)5-9/h2-7,12,15H,1H3. The zero-order valence-electron chi connectivity index (χ0n) is 8.71. The molecule has 2 aromatic rings. The first-order chi connectivity index (χ1) is 7.70. The van der Waals surface area contributed by atoms with E-state index in [9.17, 15) is 4.39 Å². The summed E-state index contributed by atoms with van der Waals surface area (Å²) in [6.45, 7) is 0. The van der Waals surface area contributed by atoms with Crippen LogP contribution >= 0.6 is 15.9 Å². The van der Waals surface area contributed by atoms with Crippen molar-refractivity contribution in [3.8, 4) is 0 Å². The first kappa shape index (κ1) is 11.4. The summed E-state index contributed by atoms with van der Waals surface area (Å²) in [5.41, 5.74) is 1.83. The molecule has 1 atom stereocenters. The van der Waals surface area contributed by atoms with Gasteiger partial charge in [-0.1, -0.05) is 15.9 Å². The van der Waals surface area contributed by atoms with Crippen molar-refractivity contribution in [1.29, 1.82) is 0 Å². The summed E-state index contributed by atoms with van der Waals surface area (Å²) in [5, 5.41) is 3.13. The van der Waals surface area contributed by atoms with Gasteiger partial charge in [-0.3, -0.25) is 0 Å². The van der Waals surface area contributed by atoms with Gasteiger partial charge >= 0.3 is 0 Å². The van der Waals surface area contributed by atoms with E-state index in [2.05, 4.69) is 21.2 Å². The summed E-state index contributed by atoms with van der Waals surface area (Å²) in [5.74, 6) is -0.256. The quantitative estimate of drug-likeness (QED) is 0.933. The lowest BCUT2D eigenvalue weighted by Crippen LogP contribution is -2.17. The molecule has 4 heteroatoms. The van der Waals surface area contributed by atoms with Crippen LogP contribution in [0.25, 0.3) is 0 Å². The summed E-state index contributed by atoms with van der Waals surface area (Å²) in [4.78, 5) is 0. The van der Waals surface area contributed by atoms with Crippen LogP contribution in [-0.2, 0) is 0 Å². The Kier molecular flexibility index (Phi) is 3.41.